The number of aromatic nitrogens is 2. The van der Waals surface area contributed by atoms with Gasteiger partial charge >= 0.3 is 0 Å². The fourth-order valence-electron chi connectivity index (χ4n) is 4.65. The molecule has 0 aliphatic carbocycles. The van der Waals surface area contributed by atoms with Crippen LogP contribution in [0.25, 0.3) is 0 Å². The Balaban J connectivity index is 1.49. The van der Waals surface area contributed by atoms with Gasteiger partial charge in [-0.25, -0.2) is 0 Å². The molecule has 2 aliphatic heterocycles. The van der Waals surface area contributed by atoms with Gasteiger partial charge in [0, 0.05) is 50.8 Å². The number of fused-ring (bicyclic) bond motifs is 1. The van der Waals surface area contributed by atoms with Crippen LogP contribution in [0.3, 0.4) is 0 Å². The summed E-state index contributed by atoms with van der Waals surface area (Å²) in [5.74, 6) is 1.24. The molecule has 2 saturated heterocycles. The van der Waals surface area contributed by atoms with Gasteiger partial charge in [0.1, 0.15) is 0 Å². The number of nitrogens with zero attached hydrogens (tertiary/aromatic N) is 4. The fourth-order valence-corrected chi connectivity index (χ4v) is 4.65. The number of amides is 1. The zero-order valence-corrected chi connectivity index (χ0v) is 15.3. The molecule has 26 heavy (non-hydrogen) atoms. The molecule has 136 valence electrons. The number of carbonyl (C=O) groups excluding carboxylic acids is 1. The summed E-state index contributed by atoms with van der Waals surface area (Å²) >= 11 is 0. The molecule has 2 fully saturated rings. The Morgan fingerprint density at radius 2 is 2.08 bits per heavy atom. The van der Waals surface area contributed by atoms with Crippen molar-refractivity contribution in [1.82, 2.24) is 19.6 Å². The third-order valence-corrected chi connectivity index (χ3v) is 5.69. The molecule has 5 heteroatoms. The van der Waals surface area contributed by atoms with Crippen molar-refractivity contribution in [3.05, 3.63) is 66.5 Å². The molecule has 0 radical (unpaired) electrons. The normalized spacial score (nSPS) is 25.4. The minimum atomic E-state index is 0.186. The van der Waals surface area contributed by atoms with Gasteiger partial charge in [-0.3, -0.25) is 14.4 Å². The van der Waals surface area contributed by atoms with Gasteiger partial charge in [0.2, 0.25) is 5.91 Å². The van der Waals surface area contributed by atoms with E-state index in [1.54, 1.807) is 6.92 Å². The van der Waals surface area contributed by atoms with Crippen molar-refractivity contribution >= 4 is 5.91 Å². The number of rotatable bonds is 5. The third-order valence-electron chi connectivity index (χ3n) is 5.69. The predicted molar refractivity (Wildman–Crippen MR) is 101 cm³/mol. The molecule has 4 rings (SSSR count). The highest BCUT2D eigenvalue weighted by atomic mass is 16.2. The predicted octanol–water partition coefficient (Wildman–Crippen LogP) is 2.72. The summed E-state index contributed by atoms with van der Waals surface area (Å²) < 4.78 is 1.92. The van der Waals surface area contributed by atoms with Gasteiger partial charge in [-0.2, -0.15) is 5.10 Å². The van der Waals surface area contributed by atoms with E-state index in [2.05, 4.69) is 51.9 Å². The highest BCUT2D eigenvalue weighted by Gasteiger charge is 2.48. The molecule has 1 aromatic carbocycles. The van der Waals surface area contributed by atoms with Crippen LogP contribution in [-0.2, 0) is 17.9 Å². The zero-order chi connectivity index (χ0) is 18.1. The molecule has 0 N–H and O–H groups in total. The minimum absolute atomic E-state index is 0.186. The summed E-state index contributed by atoms with van der Waals surface area (Å²) in [6.45, 7) is 10.1. The summed E-state index contributed by atoms with van der Waals surface area (Å²) in [5, 5.41) is 4.38. The molecule has 0 bridgehead atoms. The number of benzene rings is 1. The van der Waals surface area contributed by atoms with Crippen LogP contribution >= 0.6 is 0 Å². The first-order valence-electron chi connectivity index (χ1n) is 9.32. The number of hydrogen-bond acceptors (Lipinski definition) is 3. The molecule has 3 heterocycles. The van der Waals surface area contributed by atoms with Gasteiger partial charge in [0.15, 0.2) is 0 Å². The quantitative estimate of drug-likeness (QED) is 0.779. The second-order valence-electron chi connectivity index (χ2n) is 7.50. The summed E-state index contributed by atoms with van der Waals surface area (Å²) in [7, 11) is 0. The Morgan fingerprint density at radius 1 is 1.27 bits per heavy atom. The van der Waals surface area contributed by atoms with Crippen LogP contribution in [-0.4, -0.2) is 45.1 Å². The van der Waals surface area contributed by atoms with Gasteiger partial charge in [0.05, 0.1) is 18.8 Å². The maximum atomic E-state index is 12.2. The highest BCUT2D eigenvalue weighted by Crippen LogP contribution is 2.45. The largest absolute Gasteiger partial charge is 0.335 e. The van der Waals surface area contributed by atoms with E-state index >= 15 is 0 Å². The molecule has 5 nitrogen and oxygen atoms in total. The molecule has 1 aromatic heterocycles. The maximum absolute atomic E-state index is 12.2. The molecule has 0 spiro atoms. The Bertz CT molecular complexity index is 784. The highest BCUT2D eigenvalue weighted by molar-refractivity contribution is 5.74. The first-order chi connectivity index (χ1) is 12.7. The van der Waals surface area contributed by atoms with E-state index in [1.807, 2.05) is 23.0 Å². The molecular weight excluding hydrogens is 324 g/mol. The fraction of sp³-hybridized carbons (Fsp3) is 0.429. The smallest absolute Gasteiger partial charge is 0.219 e. The monoisotopic (exact) mass is 350 g/mol. The first-order valence-corrected chi connectivity index (χ1v) is 9.32. The van der Waals surface area contributed by atoms with Crippen molar-refractivity contribution in [2.24, 2.45) is 11.8 Å². The van der Waals surface area contributed by atoms with Crippen molar-refractivity contribution in [2.75, 3.05) is 19.6 Å². The van der Waals surface area contributed by atoms with E-state index < -0.39 is 0 Å². The van der Waals surface area contributed by atoms with E-state index in [-0.39, 0.29) is 11.9 Å². The van der Waals surface area contributed by atoms with Crippen LogP contribution in [0.15, 0.2) is 55.4 Å². The van der Waals surface area contributed by atoms with Crippen molar-refractivity contribution in [1.29, 1.82) is 0 Å². The van der Waals surface area contributed by atoms with Gasteiger partial charge in [-0.05, 0) is 11.5 Å². The maximum Gasteiger partial charge on any atom is 0.219 e. The van der Waals surface area contributed by atoms with E-state index in [9.17, 15) is 4.79 Å². The van der Waals surface area contributed by atoms with Crippen LogP contribution in [0.2, 0.25) is 0 Å². The first kappa shape index (κ1) is 17.0. The second-order valence-corrected chi connectivity index (χ2v) is 7.50. The lowest BCUT2D eigenvalue weighted by atomic mass is 9.89. The number of carbonyl (C=O) groups is 1. The van der Waals surface area contributed by atoms with Crippen LogP contribution < -0.4 is 0 Å². The van der Waals surface area contributed by atoms with Crippen LogP contribution in [0.4, 0.5) is 0 Å². The van der Waals surface area contributed by atoms with Gasteiger partial charge in [-0.1, -0.05) is 36.4 Å². The summed E-state index contributed by atoms with van der Waals surface area (Å²) in [5.41, 5.74) is 2.50. The van der Waals surface area contributed by atoms with Crippen molar-refractivity contribution < 1.29 is 4.79 Å². The SMILES string of the molecule is C=CCn1cc(CN2C[C@@H]3CN(C(C)=O)[C@H](c4ccccc4)[C@@H]3C2)cn1. The molecule has 0 saturated carbocycles. The van der Waals surface area contributed by atoms with Gasteiger partial charge in [0.25, 0.3) is 0 Å². The average molecular weight is 350 g/mol. The molecule has 2 aliphatic rings. The van der Waals surface area contributed by atoms with Crippen LogP contribution in [0.1, 0.15) is 24.1 Å². The van der Waals surface area contributed by atoms with E-state index in [0.29, 0.717) is 11.8 Å². The zero-order valence-electron chi connectivity index (χ0n) is 15.3. The molecule has 0 unspecified atom stereocenters. The molecule has 2 aromatic rings. The Kier molecular flexibility index (Phi) is 4.64. The minimum Gasteiger partial charge on any atom is -0.335 e. The van der Waals surface area contributed by atoms with Crippen molar-refractivity contribution in [3.63, 3.8) is 0 Å². The Hall–Kier alpha value is -2.40. The lowest BCUT2D eigenvalue weighted by Gasteiger charge is -2.29. The van der Waals surface area contributed by atoms with Gasteiger partial charge in [-0.15, -0.1) is 6.58 Å². The van der Waals surface area contributed by atoms with Crippen LogP contribution in [0.5, 0.6) is 0 Å². The standard InChI is InChI=1S/C21H26N4O/c1-3-9-24-12-17(10-22-24)11-23-13-19-14-25(16(2)26)21(20(19)15-23)18-7-5-4-6-8-18/h3-8,10,12,19-21H,1,9,11,13-15H2,2H3/t19-,20-,21-/m1/s1. The Labute approximate surface area is 154 Å². The number of likely N-dealkylation sites (tertiary alicyclic amines) is 2. The van der Waals surface area contributed by atoms with E-state index in [4.69, 9.17) is 0 Å². The summed E-state index contributed by atoms with van der Waals surface area (Å²) in [4.78, 5) is 16.8. The molecule has 1 amide bonds. The van der Waals surface area contributed by atoms with Crippen LogP contribution in [0, 0.1) is 11.8 Å². The van der Waals surface area contributed by atoms with Crippen molar-refractivity contribution in [2.45, 2.75) is 26.1 Å². The molecular formula is C21H26N4O. The van der Waals surface area contributed by atoms with E-state index in [0.717, 1.165) is 32.7 Å². The average Bonchev–Trinajstić information content (AvgIpc) is 3.30. The lowest BCUT2D eigenvalue weighted by Crippen LogP contribution is -2.34. The molecule has 3 atom stereocenters. The Morgan fingerprint density at radius 3 is 2.81 bits per heavy atom. The van der Waals surface area contributed by atoms with Gasteiger partial charge < -0.3 is 4.90 Å². The number of hydrogen-bond donors (Lipinski definition) is 0. The number of allylic oxidation sites excluding steroid dienone is 1. The van der Waals surface area contributed by atoms with E-state index in [1.165, 1.54) is 11.1 Å². The topological polar surface area (TPSA) is 41.4 Å². The van der Waals surface area contributed by atoms with Crippen molar-refractivity contribution in [3.8, 4) is 0 Å². The lowest BCUT2D eigenvalue weighted by molar-refractivity contribution is -0.130. The summed E-state index contributed by atoms with van der Waals surface area (Å²) in [6, 6.07) is 10.7. The summed E-state index contributed by atoms with van der Waals surface area (Å²) in [6.07, 6.45) is 5.91. The second kappa shape index (κ2) is 7.08. The third kappa shape index (κ3) is 3.19.